The summed E-state index contributed by atoms with van der Waals surface area (Å²) in [6.45, 7) is 5.19. The summed E-state index contributed by atoms with van der Waals surface area (Å²) in [4.78, 5) is 43.2. The van der Waals surface area contributed by atoms with E-state index < -0.39 is 6.29 Å². The number of thiophene rings is 1. The topological polar surface area (TPSA) is 85.0 Å². The van der Waals surface area contributed by atoms with Crippen LogP contribution in [0, 0.1) is 5.92 Å². The molecule has 0 radical (unpaired) electrons. The van der Waals surface area contributed by atoms with Gasteiger partial charge in [0.15, 0.2) is 6.29 Å². The largest absolute Gasteiger partial charge is 0.354 e. The number of hydrazine groups is 1. The Morgan fingerprint density at radius 3 is 2.93 bits per heavy atom. The van der Waals surface area contributed by atoms with Gasteiger partial charge >= 0.3 is 6.03 Å². The summed E-state index contributed by atoms with van der Waals surface area (Å²) >= 11 is 3.22. The maximum absolute atomic E-state index is 13.2. The molecule has 4 amide bonds. The number of nitrogens with one attached hydrogen (secondary N) is 2. The molecule has 29 heavy (non-hydrogen) atoms. The van der Waals surface area contributed by atoms with Crippen LogP contribution in [0.2, 0.25) is 0 Å². The summed E-state index contributed by atoms with van der Waals surface area (Å²) in [6.07, 6.45) is 1.15. The van der Waals surface area contributed by atoms with Crippen LogP contribution in [0.25, 0.3) is 0 Å². The zero-order valence-electron chi connectivity index (χ0n) is 16.7. The fourth-order valence-electron chi connectivity index (χ4n) is 3.97. The SMILES string of the molecule is CC(C)CCNC(=O)CN1NC2N(Cc3cccs3)C(=O)C3SCCC3N2C1=O. The van der Waals surface area contributed by atoms with E-state index in [9.17, 15) is 14.4 Å². The van der Waals surface area contributed by atoms with E-state index in [2.05, 4.69) is 24.6 Å². The molecule has 10 heteroatoms. The van der Waals surface area contributed by atoms with Gasteiger partial charge in [-0.2, -0.15) is 5.43 Å². The van der Waals surface area contributed by atoms with Crippen LogP contribution < -0.4 is 10.7 Å². The van der Waals surface area contributed by atoms with Crippen LogP contribution in [-0.4, -0.2) is 69.1 Å². The molecular formula is C19H27N5O3S2. The molecule has 1 aromatic heterocycles. The number of fused-ring (bicyclic) bond motifs is 3. The highest BCUT2D eigenvalue weighted by atomic mass is 32.2. The van der Waals surface area contributed by atoms with Gasteiger partial charge in [0.05, 0.1) is 12.6 Å². The van der Waals surface area contributed by atoms with Crippen molar-refractivity contribution >= 4 is 40.9 Å². The molecule has 3 unspecified atom stereocenters. The van der Waals surface area contributed by atoms with Crippen molar-refractivity contribution < 1.29 is 14.4 Å². The van der Waals surface area contributed by atoms with Crippen LogP contribution >= 0.6 is 23.1 Å². The van der Waals surface area contributed by atoms with Gasteiger partial charge in [0.1, 0.15) is 11.8 Å². The number of nitrogens with zero attached hydrogens (tertiary/aromatic N) is 3. The second kappa shape index (κ2) is 8.53. The molecule has 158 valence electrons. The maximum atomic E-state index is 13.2. The fourth-order valence-corrected chi connectivity index (χ4v) is 6.08. The van der Waals surface area contributed by atoms with Gasteiger partial charge in [-0.05, 0) is 36.0 Å². The molecule has 4 heterocycles. The van der Waals surface area contributed by atoms with Gasteiger partial charge in [-0.15, -0.1) is 23.1 Å². The van der Waals surface area contributed by atoms with Gasteiger partial charge < -0.3 is 10.2 Å². The maximum Gasteiger partial charge on any atom is 0.337 e. The summed E-state index contributed by atoms with van der Waals surface area (Å²) in [5.74, 6) is 1.24. The second-order valence-electron chi connectivity index (χ2n) is 8.00. The van der Waals surface area contributed by atoms with Crippen LogP contribution in [0.15, 0.2) is 17.5 Å². The molecule has 3 saturated heterocycles. The first-order valence-electron chi connectivity index (χ1n) is 10.0. The van der Waals surface area contributed by atoms with E-state index in [4.69, 9.17) is 0 Å². The predicted molar refractivity (Wildman–Crippen MR) is 113 cm³/mol. The zero-order valence-corrected chi connectivity index (χ0v) is 18.3. The predicted octanol–water partition coefficient (Wildman–Crippen LogP) is 1.65. The van der Waals surface area contributed by atoms with Gasteiger partial charge in [0.2, 0.25) is 11.8 Å². The number of carbonyl (C=O) groups is 3. The van der Waals surface area contributed by atoms with Gasteiger partial charge in [0, 0.05) is 11.4 Å². The van der Waals surface area contributed by atoms with E-state index in [0.717, 1.165) is 23.5 Å². The Balaban J connectivity index is 1.48. The molecule has 4 rings (SSSR count). The zero-order chi connectivity index (χ0) is 20.5. The minimum absolute atomic E-state index is 0.0600. The monoisotopic (exact) mass is 437 g/mol. The second-order valence-corrected chi connectivity index (χ2v) is 10.3. The molecule has 3 atom stereocenters. The average Bonchev–Trinajstić information content (AvgIpc) is 3.40. The first-order chi connectivity index (χ1) is 14.0. The molecule has 3 aliphatic heterocycles. The van der Waals surface area contributed by atoms with Crippen molar-refractivity contribution in [3.8, 4) is 0 Å². The van der Waals surface area contributed by atoms with Crippen LogP contribution in [0.1, 0.15) is 31.6 Å². The highest BCUT2D eigenvalue weighted by molar-refractivity contribution is 8.00. The summed E-state index contributed by atoms with van der Waals surface area (Å²) in [5.41, 5.74) is 3.13. The number of hydrogen-bond acceptors (Lipinski definition) is 6. The van der Waals surface area contributed by atoms with Crippen LogP contribution in [0.3, 0.4) is 0 Å². The molecule has 1 aromatic rings. The molecule has 0 aromatic carbocycles. The third-order valence-corrected chi connectivity index (χ3v) is 7.69. The van der Waals surface area contributed by atoms with Gasteiger partial charge in [0.25, 0.3) is 0 Å². The van der Waals surface area contributed by atoms with Crippen molar-refractivity contribution in [1.82, 2.24) is 25.6 Å². The lowest BCUT2D eigenvalue weighted by molar-refractivity contribution is -0.145. The Labute approximate surface area is 178 Å². The van der Waals surface area contributed by atoms with Crippen molar-refractivity contribution in [3.05, 3.63) is 22.4 Å². The van der Waals surface area contributed by atoms with E-state index in [1.807, 2.05) is 17.5 Å². The Hall–Kier alpha value is -1.78. The minimum Gasteiger partial charge on any atom is -0.354 e. The third-order valence-electron chi connectivity index (χ3n) is 5.48. The van der Waals surface area contributed by atoms with Crippen molar-refractivity contribution in [2.24, 2.45) is 5.92 Å². The van der Waals surface area contributed by atoms with E-state index in [0.29, 0.717) is 19.0 Å². The first-order valence-corrected chi connectivity index (χ1v) is 12.0. The van der Waals surface area contributed by atoms with Crippen LogP contribution in [-0.2, 0) is 16.1 Å². The number of urea groups is 1. The number of thioether (sulfide) groups is 1. The third kappa shape index (κ3) is 4.10. The number of hydrogen-bond donors (Lipinski definition) is 2. The standard InChI is InChI=1S/C19H27N5O3S2/c1-12(2)5-7-20-15(25)11-23-19(27)24-14-6-9-29-16(14)17(26)22(18(24)21-23)10-13-4-3-8-28-13/h3-4,8,12,14,16,18,21H,5-7,9-11H2,1-2H3,(H,20,25). The summed E-state index contributed by atoms with van der Waals surface area (Å²) in [7, 11) is 0. The molecule has 3 fully saturated rings. The summed E-state index contributed by atoms with van der Waals surface area (Å²) < 4.78 is 0. The summed E-state index contributed by atoms with van der Waals surface area (Å²) in [6, 6.07) is 3.61. The molecule has 2 N–H and O–H groups in total. The smallest absolute Gasteiger partial charge is 0.337 e. The van der Waals surface area contributed by atoms with E-state index >= 15 is 0 Å². The quantitative estimate of drug-likeness (QED) is 0.678. The molecular weight excluding hydrogens is 410 g/mol. The highest BCUT2D eigenvalue weighted by Crippen LogP contribution is 2.40. The minimum atomic E-state index is -0.541. The lowest BCUT2D eigenvalue weighted by Gasteiger charge is -2.44. The fraction of sp³-hybridized carbons (Fsp3) is 0.632. The molecule has 0 spiro atoms. The van der Waals surface area contributed by atoms with Gasteiger partial charge in [-0.25, -0.2) is 9.80 Å². The van der Waals surface area contributed by atoms with Crippen molar-refractivity contribution in [1.29, 1.82) is 0 Å². The van der Waals surface area contributed by atoms with Crippen molar-refractivity contribution in [2.45, 2.75) is 50.8 Å². The van der Waals surface area contributed by atoms with Crippen LogP contribution in [0.4, 0.5) is 4.79 Å². The Morgan fingerprint density at radius 1 is 1.38 bits per heavy atom. The Bertz CT molecular complexity index is 772. The van der Waals surface area contributed by atoms with Crippen LogP contribution in [0.5, 0.6) is 0 Å². The molecule has 3 aliphatic rings. The van der Waals surface area contributed by atoms with Crippen molar-refractivity contribution in [3.63, 3.8) is 0 Å². The number of rotatable bonds is 7. The van der Waals surface area contributed by atoms with E-state index in [-0.39, 0.29) is 35.7 Å². The van der Waals surface area contributed by atoms with E-state index in [1.54, 1.807) is 32.9 Å². The summed E-state index contributed by atoms with van der Waals surface area (Å²) in [5, 5.41) is 5.98. The lowest BCUT2D eigenvalue weighted by Crippen LogP contribution is -2.65. The Kier molecular flexibility index (Phi) is 6.03. The number of carbonyl (C=O) groups excluding carboxylic acids is 3. The molecule has 0 bridgehead atoms. The van der Waals surface area contributed by atoms with Gasteiger partial charge in [-0.3, -0.25) is 14.5 Å². The normalized spacial score (nSPS) is 26.3. The molecule has 0 aliphatic carbocycles. The lowest BCUT2D eigenvalue weighted by atomic mass is 10.1. The number of amides is 4. The van der Waals surface area contributed by atoms with Gasteiger partial charge in [-0.1, -0.05) is 19.9 Å². The highest BCUT2D eigenvalue weighted by Gasteiger charge is 2.56. The molecule has 8 nitrogen and oxygen atoms in total. The average molecular weight is 438 g/mol. The molecule has 0 saturated carbocycles. The first kappa shape index (κ1) is 20.5. The Morgan fingerprint density at radius 2 is 2.21 bits per heavy atom. The van der Waals surface area contributed by atoms with E-state index in [1.165, 1.54) is 5.01 Å². The van der Waals surface area contributed by atoms with Crippen molar-refractivity contribution in [2.75, 3.05) is 18.8 Å².